The number of halogens is 2. The Morgan fingerprint density at radius 2 is 1.74 bits per heavy atom. The van der Waals surface area contributed by atoms with Gasteiger partial charge in [-0.2, -0.15) is 0 Å². The van der Waals surface area contributed by atoms with Gasteiger partial charge in [-0.15, -0.1) is 0 Å². The number of pyridine rings is 1. The molecule has 9 heteroatoms. The number of aliphatic imine (C=N–C) groups is 1. The van der Waals surface area contributed by atoms with Crippen LogP contribution >= 0.6 is 23.4 Å². The number of hydrogen-bond acceptors (Lipinski definition) is 7. The summed E-state index contributed by atoms with van der Waals surface area (Å²) in [7, 11) is 0. The average Bonchev–Trinajstić information content (AvgIpc) is 2.75. The summed E-state index contributed by atoms with van der Waals surface area (Å²) < 4.78 is 19.3. The molecule has 1 N–H and O–H groups in total. The lowest BCUT2D eigenvalue weighted by Crippen LogP contribution is -2.20. The van der Waals surface area contributed by atoms with E-state index in [1.807, 2.05) is 6.08 Å². The van der Waals surface area contributed by atoms with Crippen LogP contribution in [-0.4, -0.2) is 26.0 Å². The topological polar surface area (TPSA) is 80.5 Å². The standard InChI is InChI=1S/C22H18ClFN4O2S/c1-22(2,29)21-26-10-14(11-27-21)17-9-19(31-18-8-5-15(23)12-25-18)30-20(28-17)13-3-6-16(24)7-4-13/h3-12,17,29H,1-2H3. The summed E-state index contributed by atoms with van der Waals surface area (Å²) in [4.78, 5) is 17.5. The fraction of sp³-hybridized carbons (Fsp3) is 0.182. The molecule has 0 bridgehead atoms. The van der Waals surface area contributed by atoms with Crippen LogP contribution in [0.1, 0.15) is 36.8 Å². The lowest BCUT2D eigenvalue weighted by atomic mass is 10.1. The Labute approximate surface area is 187 Å². The summed E-state index contributed by atoms with van der Waals surface area (Å²) in [5.41, 5.74) is 0.210. The molecule has 3 aromatic rings. The second-order valence-corrected chi connectivity index (χ2v) is 8.75. The summed E-state index contributed by atoms with van der Waals surface area (Å²) >= 11 is 7.23. The minimum Gasteiger partial charge on any atom is -0.432 e. The van der Waals surface area contributed by atoms with Gasteiger partial charge in [0, 0.05) is 29.7 Å². The maximum Gasteiger partial charge on any atom is 0.223 e. The van der Waals surface area contributed by atoms with Crippen LogP contribution in [0.3, 0.4) is 0 Å². The zero-order chi connectivity index (χ0) is 22.0. The molecule has 0 spiro atoms. The highest BCUT2D eigenvalue weighted by Gasteiger charge is 2.24. The zero-order valence-corrected chi connectivity index (χ0v) is 18.2. The molecule has 158 valence electrons. The molecular weight excluding hydrogens is 439 g/mol. The molecule has 0 radical (unpaired) electrons. The van der Waals surface area contributed by atoms with Gasteiger partial charge in [0.25, 0.3) is 0 Å². The molecule has 0 amide bonds. The first-order chi connectivity index (χ1) is 14.8. The van der Waals surface area contributed by atoms with E-state index in [1.165, 1.54) is 23.9 Å². The van der Waals surface area contributed by atoms with Crippen LogP contribution in [0.25, 0.3) is 0 Å². The molecule has 0 fully saturated rings. The third-order valence-electron chi connectivity index (χ3n) is 4.30. The smallest absolute Gasteiger partial charge is 0.223 e. The van der Waals surface area contributed by atoms with Crippen molar-refractivity contribution in [3.05, 3.63) is 93.9 Å². The largest absolute Gasteiger partial charge is 0.432 e. The second-order valence-electron chi connectivity index (χ2n) is 7.29. The van der Waals surface area contributed by atoms with Gasteiger partial charge in [-0.3, -0.25) is 0 Å². The van der Waals surface area contributed by atoms with Crippen LogP contribution < -0.4 is 0 Å². The van der Waals surface area contributed by atoms with E-state index in [2.05, 4.69) is 19.9 Å². The van der Waals surface area contributed by atoms with Crippen molar-refractivity contribution in [2.45, 2.75) is 30.5 Å². The van der Waals surface area contributed by atoms with Crippen LogP contribution in [0.2, 0.25) is 5.02 Å². The fourth-order valence-electron chi connectivity index (χ4n) is 2.73. The lowest BCUT2D eigenvalue weighted by Gasteiger charge is -2.21. The Hall–Kier alpha value is -2.81. The van der Waals surface area contributed by atoms with Gasteiger partial charge in [-0.25, -0.2) is 24.3 Å². The minimum atomic E-state index is -1.14. The highest BCUT2D eigenvalue weighted by Crippen LogP contribution is 2.35. The predicted octanol–water partition coefficient (Wildman–Crippen LogP) is 5.04. The fourth-order valence-corrected chi connectivity index (χ4v) is 3.61. The number of nitrogens with zero attached hydrogens (tertiary/aromatic N) is 4. The Morgan fingerprint density at radius 3 is 2.35 bits per heavy atom. The maximum atomic E-state index is 13.4. The number of rotatable bonds is 5. The van der Waals surface area contributed by atoms with Crippen molar-refractivity contribution in [1.29, 1.82) is 0 Å². The van der Waals surface area contributed by atoms with Gasteiger partial charge in [-0.1, -0.05) is 11.6 Å². The van der Waals surface area contributed by atoms with Crippen molar-refractivity contribution in [3.63, 3.8) is 0 Å². The molecule has 0 aliphatic carbocycles. The lowest BCUT2D eigenvalue weighted by molar-refractivity contribution is 0.0686. The summed E-state index contributed by atoms with van der Waals surface area (Å²) in [5.74, 6) is 0.313. The molecule has 1 aromatic carbocycles. The monoisotopic (exact) mass is 456 g/mol. The molecule has 6 nitrogen and oxygen atoms in total. The first-order valence-corrected chi connectivity index (χ1v) is 10.5. The van der Waals surface area contributed by atoms with Gasteiger partial charge in [0.2, 0.25) is 5.90 Å². The van der Waals surface area contributed by atoms with E-state index in [0.29, 0.717) is 32.4 Å². The van der Waals surface area contributed by atoms with E-state index in [0.717, 1.165) is 5.56 Å². The predicted molar refractivity (Wildman–Crippen MR) is 117 cm³/mol. The minimum absolute atomic E-state index is 0.315. The first-order valence-electron chi connectivity index (χ1n) is 9.35. The summed E-state index contributed by atoms with van der Waals surface area (Å²) in [6.45, 7) is 3.24. The van der Waals surface area contributed by atoms with Crippen molar-refractivity contribution in [2.75, 3.05) is 0 Å². The van der Waals surface area contributed by atoms with Gasteiger partial charge >= 0.3 is 0 Å². The zero-order valence-electron chi connectivity index (χ0n) is 16.7. The van der Waals surface area contributed by atoms with E-state index in [1.54, 1.807) is 56.7 Å². The van der Waals surface area contributed by atoms with E-state index < -0.39 is 11.6 Å². The molecule has 0 saturated heterocycles. The van der Waals surface area contributed by atoms with Gasteiger partial charge in [0.1, 0.15) is 22.5 Å². The van der Waals surface area contributed by atoms with Crippen molar-refractivity contribution < 1.29 is 14.2 Å². The Kier molecular flexibility index (Phi) is 6.04. The Balaban J connectivity index is 1.68. The molecule has 1 aliphatic rings. The van der Waals surface area contributed by atoms with Gasteiger partial charge in [0.15, 0.2) is 10.9 Å². The van der Waals surface area contributed by atoms with E-state index in [9.17, 15) is 9.50 Å². The van der Waals surface area contributed by atoms with Crippen molar-refractivity contribution >= 4 is 29.3 Å². The van der Waals surface area contributed by atoms with Crippen molar-refractivity contribution in [3.8, 4) is 0 Å². The van der Waals surface area contributed by atoms with Crippen molar-refractivity contribution in [2.24, 2.45) is 4.99 Å². The highest BCUT2D eigenvalue weighted by atomic mass is 35.5. The van der Waals surface area contributed by atoms with Gasteiger partial charge < -0.3 is 9.84 Å². The molecule has 3 heterocycles. The Morgan fingerprint density at radius 1 is 1.03 bits per heavy atom. The number of aliphatic hydroxyl groups is 1. The van der Waals surface area contributed by atoms with Gasteiger partial charge in [-0.05, 0) is 68.1 Å². The summed E-state index contributed by atoms with van der Waals surface area (Å²) in [6.07, 6.45) is 6.64. The summed E-state index contributed by atoms with van der Waals surface area (Å²) in [6, 6.07) is 9.01. The van der Waals surface area contributed by atoms with E-state index >= 15 is 0 Å². The molecule has 31 heavy (non-hydrogen) atoms. The number of ether oxygens (including phenoxy) is 1. The molecule has 0 saturated carbocycles. The number of thioether (sulfide) groups is 1. The third-order valence-corrected chi connectivity index (χ3v) is 5.40. The number of hydrogen-bond donors (Lipinski definition) is 1. The average molecular weight is 457 g/mol. The molecule has 1 aliphatic heterocycles. The number of benzene rings is 1. The van der Waals surface area contributed by atoms with E-state index in [-0.39, 0.29) is 5.82 Å². The molecule has 1 atom stereocenters. The highest BCUT2D eigenvalue weighted by molar-refractivity contribution is 8.02. The van der Waals surface area contributed by atoms with Crippen LogP contribution in [0, 0.1) is 5.82 Å². The maximum absolute atomic E-state index is 13.4. The van der Waals surface area contributed by atoms with E-state index in [4.69, 9.17) is 16.3 Å². The number of aromatic nitrogens is 3. The first kappa shape index (κ1) is 21.4. The molecule has 2 aromatic heterocycles. The Bertz CT molecular complexity index is 1130. The van der Waals surface area contributed by atoms with Crippen LogP contribution in [0.15, 0.2) is 76.2 Å². The summed E-state index contributed by atoms with van der Waals surface area (Å²) in [5, 5.41) is 11.9. The molecular formula is C22H18ClFN4O2S. The van der Waals surface area contributed by atoms with Crippen LogP contribution in [0.4, 0.5) is 4.39 Å². The van der Waals surface area contributed by atoms with Crippen molar-refractivity contribution in [1.82, 2.24) is 15.0 Å². The quantitative estimate of drug-likeness (QED) is 0.579. The molecule has 4 rings (SSSR count). The normalized spacial score (nSPS) is 16.4. The molecule has 1 unspecified atom stereocenters. The second kappa shape index (κ2) is 8.74. The van der Waals surface area contributed by atoms with Crippen LogP contribution in [0.5, 0.6) is 0 Å². The van der Waals surface area contributed by atoms with Crippen LogP contribution in [-0.2, 0) is 10.3 Å². The third kappa shape index (κ3) is 5.28. The SMILES string of the molecule is CC(C)(O)c1ncc(C2C=C(Sc3ccc(Cl)cn3)OC(c3ccc(F)cc3)=N2)cn1. The van der Waals surface area contributed by atoms with Gasteiger partial charge in [0.05, 0.1) is 5.02 Å².